The topological polar surface area (TPSA) is 67.1 Å². The summed E-state index contributed by atoms with van der Waals surface area (Å²) >= 11 is 0. The first-order chi connectivity index (χ1) is 9.72. The van der Waals surface area contributed by atoms with Gasteiger partial charge in [0.25, 0.3) is 0 Å². The van der Waals surface area contributed by atoms with E-state index in [1.54, 1.807) is 0 Å². The second-order valence-electron chi connectivity index (χ2n) is 4.97. The van der Waals surface area contributed by atoms with Crippen molar-refractivity contribution in [2.45, 2.75) is 19.4 Å². The van der Waals surface area contributed by atoms with Gasteiger partial charge in [0.2, 0.25) is 5.91 Å². The number of hydrogen-bond donors (Lipinski definition) is 3. The molecule has 0 aliphatic carbocycles. The fourth-order valence-electron chi connectivity index (χ4n) is 2.39. The van der Waals surface area contributed by atoms with Crippen molar-refractivity contribution >= 4 is 23.0 Å². The highest BCUT2D eigenvalue weighted by Crippen LogP contribution is 2.26. The van der Waals surface area contributed by atoms with Gasteiger partial charge in [0.15, 0.2) is 0 Å². The van der Waals surface area contributed by atoms with Crippen molar-refractivity contribution in [3.8, 4) is 0 Å². The number of nitrogens with two attached hydrogens (primary N) is 1. The summed E-state index contributed by atoms with van der Waals surface area (Å²) in [6.07, 6.45) is 1.35. The number of anilines is 3. The number of fused-ring (bicyclic) bond motifs is 1. The van der Waals surface area contributed by atoms with E-state index < -0.39 is 0 Å². The molecule has 20 heavy (non-hydrogen) atoms. The van der Waals surface area contributed by atoms with Crippen LogP contribution in [0.25, 0.3) is 0 Å². The molecule has 1 heterocycles. The van der Waals surface area contributed by atoms with E-state index in [0.717, 1.165) is 29.0 Å². The second kappa shape index (κ2) is 5.25. The van der Waals surface area contributed by atoms with Gasteiger partial charge >= 0.3 is 0 Å². The van der Waals surface area contributed by atoms with Gasteiger partial charge < -0.3 is 16.4 Å². The molecule has 1 aliphatic rings. The van der Waals surface area contributed by atoms with E-state index in [1.807, 2.05) is 36.4 Å². The van der Waals surface area contributed by atoms with E-state index in [4.69, 9.17) is 5.73 Å². The smallest absolute Gasteiger partial charge is 0.224 e. The Balaban J connectivity index is 1.73. The van der Waals surface area contributed by atoms with Crippen LogP contribution in [0.5, 0.6) is 0 Å². The number of rotatable bonds is 3. The van der Waals surface area contributed by atoms with Crippen molar-refractivity contribution in [2.75, 3.05) is 16.4 Å². The number of benzene rings is 2. The molecular formula is C16H17N3O. The lowest BCUT2D eigenvalue weighted by atomic mass is 10.0. The molecule has 0 atom stereocenters. The van der Waals surface area contributed by atoms with Gasteiger partial charge in [0, 0.05) is 30.0 Å². The molecule has 0 fully saturated rings. The van der Waals surface area contributed by atoms with Crippen molar-refractivity contribution < 1.29 is 4.79 Å². The summed E-state index contributed by atoms with van der Waals surface area (Å²) in [6, 6.07) is 13.8. The van der Waals surface area contributed by atoms with E-state index in [1.165, 1.54) is 5.56 Å². The molecule has 4 heteroatoms. The van der Waals surface area contributed by atoms with Crippen LogP contribution < -0.4 is 16.4 Å². The van der Waals surface area contributed by atoms with E-state index in [9.17, 15) is 4.79 Å². The number of nitrogen functional groups attached to an aromatic ring is 1. The number of carbonyl (C=O) groups excluding carboxylic acids is 1. The molecule has 3 rings (SSSR count). The number of amides is 1. The predicted molar refractivity (Wildman–Crippen MR) is 81.6 cm³/mol. The molecule has 4 N–H and O–H groups in total. The third-order valence-electron chi connectivity index (χ3n) is 3.54. The molecule has 0 aromatic heterocycles. The Morgan fingerprint density at radius 3 is 2.85 bits per heavy atom. The Hall–Kier alpha value is -2.49. The summed E-state index contributed by atoms with van der Waals surface area (Å²) < 4.78 is 0. The summed E-state index contributed by atoms with van der Waals surface area (Å²) in [5, 5.41) is 6.25. The van der Waals surface area contributed by atoms with Gasteiger partial charge in [0.05, 0.1) is 0 Å². The van der Waals surface area contributed by atoms with Crippen LogP contribution in [0.3, 0.4) is 0 Å². The summed E-state index contributed by atoms with van der Waals surface area (Å²) in [4.78, 5) is 11.3. The standard InChI is InChI=1S/C16H17N3O/c17-14-4-2-1-3-12(14)10-18-13-6-7-15-11(9-13)5-8-16(20)19-15/h1-4,6-7,9,18H,5,8,10,17H2,(H,19,20). The van der Waals surface area contributed by atoms with Crippen LogP contribution in [-0.2, 0) is 17.8 Å². The van der Waals surface area contributed by atoms with Crippen LogP contribution in [0.1, 0.15) is 17.5 Å². The van der Waals surface area contributed by atoms with Gasteiger partial charge in [-0.05, 0) is 41.8 Å². The Morgan fingerprint density at radius 2 is 2.00 bits per heavy atom. The SMILES string of the molecule is Nc1ccccc1CNc1ccc2c(c1)CCC(=O)N2. The van der Waals surface area contributed by atoms with Crippen LogP contribution in [0.4, 0.5) is 17.1 Å². The minimum Gasteiger partial charge on any atom is -0.398 e. The quantitative estimate of drug-likeness (QED) is 0.749. The lowest BCUT2D eigenvalue weighted by Gasteiger charge is -2.18. The summed E-state index contributed by atoms with van der Waals surface area (Å²) in [6.45, 7) is 0.692. The van der Waals surface area contributed by atoms with Gasteiger partial charge in [-0.3, -0.25) is 4.79 Å². The van der Waals surface area contributed by atoms with Crippen LogP contribution in [0.2, 0.25) is 0 Å². The zero-order valence-electron chi connectivity index (χ0n) is 11.1. The third-order valence-corrected chi connectivity index (χ3v) is 3.54. The number of hydrogen-bond acceptors (Lipinski definition) is 3. The van der Waals surface area contributed by atoms with Crippen LogP contribution in [0, 0.1) is 0 Å². The first kappa shape index (κ1) is 12.5. The number of para-hydroxylation sites is 1. The van der Waals surface area contributed by atoms with Crippen molar-refractivity contribution in [3.05, 3.63) is 53.6 Å². The minimum atomic E-state index is 0.0928. The predicted octanol–water partition coefficient (Wildman–Crippen LogP) is 2.77. The van der Waals surface area contributed by atoms with E-state index in [-0.39, 0.29) is 5.91 Å². The molecule has 2 aromatic rings. The highest BCUT2D eigenvalue weighted by Gasteiger charge is 2.14. The van der Waals surface area contributed by atoms with Crippen LogP contribution >= 0.6 is 0 Å². The molecule has 2 aromatic carbocycles. The maximum absolute atomic E-state index is 11.3. The molecule has 0 saturated heterocycles. The zero-order chi connectivity index (χ0) is 13.9. The normalized spacial score (nSPS) is 13.5. The van der Waals surface area contributed by atoms with E-state index in [2.05, 4.69) is 16.7 Å². The molecule has 102 valence electrons. The Labute approximate surface area is 118 Å². The molecule has 0 radical (unpaired) electrons. The van der Waals surface area contributed by atoms with Gasteiger partial charge in [-0.1, -0.05) is 18.2 Å². The Morgan fingerprint density at radius 1 is 1.15 bits per heavy atom. The van der Waals surface area contributed by atoms with Gasteiger partial charge in [-0.2, -0.15) is 0 Å². The number of carbonyl (C=O) groups is 1. The van der Waals surface area contributed by atoms with E-state index in [0.29, 0.717) is 13.0 Å². The molecule has 1 amide bonds. The zero-order valence-corrected chi connectivity index (χ0v) is 11.1. The van der Waals surface area contributed by atoms with Crippen molar-refractivity contribution in [1.29, 1.82) is 0 Å². The molecule has 0 unspecified atom stereocenters. The number of nitrogens with one attached hydrogen (secondary N) is 2. The molecular weight excluding hydrogens is 250 g/mol. The molecule has 0 saturated carbocycles. The molecule has 0 bridgehead atoms. The lowest BCUT2D eigenvalue weighted by molar-refractivity contribution is -0.116. The average Bonchev–Trinajstić information content (AvgIpc) is 2.46. The minimum absolute atomic E-state index is 0.0928. The summed E-state index contributed by atoms with van der Waals surface area (Å²) in [5.41, 5.74) is 10.9. The van der Waals surface area contributed by atoms with Gasteiger partial charge in [-0.15, -0.1) is 0 Å². The van der Waals surface area contributed by atoms with Gasteiger partial charge in [-0.25, -0.2) is 0 Å². The first-order valence-corrected chi connectivity index (χ1v) is 6.72. The Kier molecular flexibility index (Phi) is 3.29. The van der Waals surface area contributed by atoms with Crippen molar-refractivity contribution in [2.24, 2.45) is 0 Å². The molecule has 4 nitrogen and oxygen atoms in total. The Bertz CT molecular complexity index is 652. The fourth-order valence-corrected chi connectivity index (χ4v) is 2.39. The molecule has 1 aliphatic heterocycles. The highest BCUT2D eigenvalue weighted by atomic mass is 16.1. The fraction of sp³-hybridized carbons (Fsp3) is 0.188. The third kappa shape index (κ3) is 2.59. The second-order valence-corrected chi connectivity index (χ2v) is 4.97. The highest BCUT2D eigenvalue weighted by molar-refractivity contribution is 5.94. The van der Waals surface area contributed by atoms with Gasteiger partial charge in [0.1, 0.15) is 0 Å². The summed E-state index contributed by atoms with van der Waals surface area (Å²) in [5.74, 6) is 0.0928. The average molecular weight is 267 g/mol. The molecule has 0 spiro atoms. The largest absolute Gasteiger partial charge is 0.398 e. The summed E-state index contributed by atoms with van der Waals surface area (Å²) in [7, 11) is 0. The van der Waals surface area contributed by atoms with Crippen molar-refractivity contribution in [3.63, 3.8) is 0 Å². The first-order valence-electron chi connectivity index (χ1n) is 6.72. The van der Waals surface area contributed by atoms with E-state index >= 15 is 0 Å². The monoisotopic (exact) mass is 267 g/mol. The maximum atomic E-state index is 11.3. The van der Waals surface area contributed by atoms with Crippen LogP contribution in [-0.4, -0.2) is 5.91 Å². The van der Waals surface area contributed by atoms with Crippen molar-refractivity contribution in [1.82, 2.24) is 0 Å². The maximum Gasteiger partial charge on any atom is 0.224 e. The number of aryl methyl sites for hydroxylation is 1. The lowest BCUT2D eigenvalue weighted by Crippen LogP contribution is -2.19. The van der Waals surface area contributed by atoms with Crippen LogP contribution in [0.15, 0.2) is 42.5 Å².